The molecule has 1 fully saturated rings. The lowest BCUT2D eigenvalue weighted by Gasteiger charge is -2.29. The van der Waals surface area contributed by atoms with Crippen molar-refractivity contribution in [3.63, 3.8) is 0 Å². The van der Waals surface area contributed by atoms with Crippen molar-refractivity contribution in [1.82, 2.24) is 0 Å². The molecular weight excluding hydrogens is 266 g/mol. The Morgan fingerprint density at radius 1 is 1.24 bits per heavy atom. The fourth-order valence-electron chi connectivity index (χ4n) is 2.96. The number of rotatable bonds is 3. The molecule has 3 rings (SSSR count). The zero-order chi connectivity index (χ0) is 14.8. The maximum absolute atomic E-state index is 11.3. The van der Waals surface area contributed by atoms with Crippen LogP contribution in [0.5, 0.6) is 0 Å². The highest BCUT2D eigenvalue weighted by molar-refractivity contribution is 6.07. The number of carbonyl (C=O) groups is 1. The van der Waals surface area contributed by atoms with Crippen LogP contribution >= 0.6 is 0 Å². The highest BCUT2D eigenvalue weighted by Crippen LogP contribution is 2.29. The van der Waals surface area contributed by atoms with Crippen molar-refractivity contribution in [2.75, 3.05) is 11.9 Å². The highest BCUT2D eigenvalue weighted by Gasteiger charge is 2.20. The van der Waals surface area contributed by atoms with Crippen molar-refractivity contribution in [2.24, 2.45) is 0 Å². The topological polar surface area (TPSA) is 58.6 Å². The molecule has 2 N–H and O–H groups in total. The Morgan fingerprint density at radius 3 is 2.71 bits per heavy atom. The zero-order valence-electron chi connectivity index (χ0n) is 12.0. The van der Waals surface area contributed by atoms with E-state index >= 15 is 0 Å². The molecule has 1 heterocycles. The standard InChI is InChI=1S/C17H19NO3/c1-11-10-12(8-9-21-11)18-16-7-6-15(17(19)20)13-4-2-3-5-14(13)16/h2-7,11-12,18H,8-10H2,1H3,(H,19,20). The summed E-state index contributed by atoms with van der Waals surface area (Å²) in [6.07, 6.45) is 2.20. The molecular formula is C17H19NO3. The Hall–Kier alpha value is -2.07. The van der Waals surface area contributed by atoms with Crippen LogP contribution in [0, 0.1) is 0 Å². The molecule has 1 aliphatic rings. The molecule has 1 aliphatic heterocycles. The van der Waals surface area contributed by atoms with Gasteiger partial charge >= 0.3 is 5.97 Å². The number of hydrogen-bond acceptors (Lipinski definition) is 3. The number of ether oxygens (including phenoxy) is 1. The number of benzene rings is 2. The first-order valence-electron chi connectivity index (χ1n) is 7.28. The largest absolute Gasteiger partial charge is 0.478 e. The van der Waals surface area contributed by atoms with Crippen molar-refractivity contribution < 1.29 is 14.6 Å². The molecule has 0 spiro atoms. The smallest absolute Gasteiger partial charge is 0.336 e. The predicted octanol–water partition coefficient (Wildman–Crippen LogP) is 3.52. The van der Waals surface area contributed by atoms with E-state index < -0.39 is 5.97 Å². The number of anilines is 1. The summed E-state index contributed by atoms with van der Waals surface area (Å²) in [5.41, 5.74) is 1.34. The summed E-state index contributed by atoms with van der Waals surface area (Å²) in [5.74, 6) is -0.891. The van der Waals surface area contributed by atoms with E-state index in [9.17, 15) is 9.90 Å². The monoisotopic (exact) mass is 285 g/mol. The van der Waals surface area contributed by atoms with Crippen molar-refractivity contribution in [3.8, 4) is 0 Å². The van der Waals surface area contributed by atoms with Gasteiger partial charge in [-0.05, 0) is 37.3 Å². The van der Waals surface area contributed by atoms with Crippen LogP contribution in [0.2, 0.25) is 0 Å². The van der Waals surface area contributed by atoms with Crippen LogP contribution in [0.4, 0.5) is 5.69 Å². The van der Waals surface area contributed by atoms with Crippen molar-refractivity contribution in [2.45, 2.75) is 31.9 Å². The van der Waals surface area contributed by atoms with Crippen LogP contribution in [0.25, 0.3) is 10.8 Å². The molecule has 2 aromatic carbocycles. The fourth-order valence-corrected chi connectivity index (χ4v) is 2.96. The number of nitrogens with one attached hydrogen (secondary N) is 1. The minimum absolute atomic E-state index is 0.265. The molecule has 2 unspecified atom stereocenters. The van der Waals surface area contributed by atoms with E-state index in [0.717, 1.165) is 35.9 Å². The first kappa shape index (κ1) is 13.9. The van der Waals surface area contributed by atoms with Gasteiger partial charge in [-0.25, -0.2) is 4.79 Å². The molecule has 0 aliphatic carbocycles. The van der Waals surface area contributed by atoms with E-state index in [-0.39, 0.29) is 6.10 Å². The van der Waals surface area contributed by atoms with Gasteiger partial charge in [-0.15, -0.1) is 0 Å². The summed E-state index contributed by atoms with van der Waals surface area (Å²) in [4.78, 5) is 11.3. The molecule has 0 amide bonds. The highest BCUT2D eigenvalue weighted by atomic mass is 16.5. The summed E-state index contributed by atoms with van der Waals surface area (Å²) in [5, 5.41) is 14.6. The molecule has 1 saturated heterocycles. The number of fused-ring (bicyclic) bond motifs is 1. The van der Waals surface area contributed by atoms with Crippen LogP contribution in [0.15, 0.2) is 36.4 Å². The number of carboxylic acid groups (broad SMARTS) is 1. The molecule has 0 bridgehead atoms. The summed E-state index contributed by atoms with van der Waals surface area (Å²) in [7, 11) is 0. The van der Waals surface area contributed by atoms with Crippen LogP contribution in [-0.4, -0.2) is 29.8 Å². The summed E-state index contributed by atoms with van der Waals surface area (Å²) in [6, 6.07) is 11.5. The number of hydrogen-bond donors (Lipinski definition) is 2. The maximum Gasteiger partial charge on any atom is 0.336 e. The second-order valence-corrected chi connectivity index (χ2v) is 5.56. The van der Waals surface area contributed by atoms with E-state index in [1.165, 1.54) is 0 Å². The van der Waals surface area contributed by atoms with Gasteiger partial charge in [-0.3, -0.25) is 0 Å². The van der Waals surface area contributed by atoms with E-state index in [4.69, 9.17) is 4.74 Å². The van der Waals surface area contributed by atoms with Gasteiger partial charge in [0.25, 0.3) is 0 Å². The van der Waals surface area contributed by atoms with E-state index in [1.807, 2.05) is 30.3 Å². The molecule has 2 aromatic rings. The molecule has 0 aromatic heterocycles. The SMILES string of the molecule is CC1CC(Nc2ccc(C(=O)O)c3ccccc23)CCO1. The summed E-state index contributed by atoms with van der Waals surface area (Å²) >= 11 is 0. The van der Waals surface area contributed by atoms with Crippen LogP contribution in [-0.2, 0) is 4.74 Å². The molecule has 2 atom stereocenters. The van der Waals surface area contributed by atoms with E-state index in [1.54, 1.807) is 6.07 Å². The minimum Gasteiger partial charge on any atom is -0.478 e. The second kappa shape index (κ2) is 5.74. The lowest BCUT2D eigenvalue weighted by Crippen LogP contribution is -2.32. The van der Waals surface area contributed by atoms with Crippen molar-refractivity contribution in [1.29, 1.82) is 0 Å². The quantitative estimate of drug-likeness (QED) is 0.906. The fraction of sp³-hybridized carbons (Fsp3) is 0.353. The van der Waals surface area contributed by atoms with Gasteiger partial charge in [0.1, 0.15) is 0 Å². The normalized spacial score (nSPS) is 22.1. The third kappa shape index (κ3) is 2.85. The van der Waals surface area contributed by atoms with E-state index in [2.05, 4.69) is 12.2 Å². The lowest BCUT2D eigenvalue weighted by atomic mass is 10.00. The Kier molecular flexibility index (Phi) is 3.80. The Morgan fingerprint density at radius 2 is 2.00 bits per heavy atom. The minimum atomic E-state index is -0.891. The van der Waals surface area contributed by atoms with Gasteiger partial charge in [0.05, 0.1) is 11.7 Å². The Bertz CT molecular complexity index is 668. The van der Waals surface area contributed by atoms with Gasteiger partial charge in [0.2, 0.25) is 0 Å². The van der Waals surface area contributed by atoms with Gasteiger partial charge in [0.15, 0.2) is 0 Å². The first-order chi connectivity index (χ1) is 10.1. The van der Waals surface area contributed by atoms with E-state index in [0.29, 0.717) is 11.6 Å². The van der Waals surface area contributed by atoms with Gasteiger partial charge in [-0.1, -0.05) is 24.3 Å². The van der Waals surface area contributed by atoms with Gasteiger partial charge in [-0.2, -0.15) is 0 Å². The maximum atomic E-state index is 11.3. The lowest BCUT2D eigenvalue weighted by molar-refractivity contribution is 0.0232. The van der Waals surface area contributed by atoms with Crippen LogP contribution in [0.1, 0.15) is 30.1 Å². The first-order valence-corrected chi connectivity index (χ1v) is 7.28. The molecule has 110 valence electrons. The molecule has 4 heteroatoms. The number of carboxylic acids is 1. The Labute approximate surface area is 123 Å². The van der Waals surface area contributed by atoms with Gasteiger partial charge in [0, 0.05) is 23.7 Å². The summed E-state index contributed by atoms with van der Waals surface area (Å²) in [6.45, 7) is 2.85. The van der Waals surface area contributed by atoms with Crippen molar-refractivity contribution in [3.05, 3.63) is 42.0 Å². The zero-order valence-corrected chi connectivity index (χ0v) is 12.0. The average Bonchev–Trinajstić information content (AvgIpc) is 2.47. The molecule has 0 saturated carbocycles. The van der Waals surface area contributed by atoms with Crippen LogP contribution in [0.3, 0.4) is 0 Å². The third-order valence-corrected chi connectivity index (χ3v) is 4.00. The number of aromatic carboxylic acids is 1. The molecule has 4 nitrogen and oxygen atoms in total. The second-order valence-electron chi connectivity index (χ2n) is 5.56. The van der Waals surface area contributed by atoms with Crippen molar-refractivity contribution >= 4 is 22.4 Å². The Balaban J connectivity index is 1.96. The summed E-state index contributed by atoms with van der Waals surface area (Å²) < 4.78 is 5.57. The average molecular weight is 285 g/mol. The predicted molar refractivity (Wildman–Crippen MR) is 83.0 cm³/mol. The third-order valence-electron chi connectivity index (χ3n) is 4.00. The van der Waals surface area contributed by atoms with Gasteiger partial charge < -0.3 is 15.2 Å². The van der Waals surface area contributed by atoms with Crippen LogP contribution < -0.4 is 5.32 Å². The molecule has 0 radical (unpaired) electrons. The molecule has 21 heavy (non-hydrogen) atoms.